The quantitative estimate of drug-likeness (QED) is 0.862. The fourth-order valence-electron chi connectivity index (χ4n) is 1.78. The van der Waals surface area contributed by atoms with E-state index in [4.69, 9.17) is 0 Å². The predicted molar refractivity (Wildman–Crippen MR) is 71.0 cm³/mol. The summed E-state index contributed by atoms with van der Waals surface area (Å²) in [4.78, 5) is 4.45. The number of aryl methyl sites for hydroxylation is 2. The molecule has 0 radical (unpaired) electrons. The Bertz CT molecular complexity index is 440. The minimum atomic E-state index is -0.00116. The topological polar surface area (TPSA) is 48.7 Å². The van der Waals surface area contributed by atoms with Crippen LogP contribution in [-0.4, -0.2) is 10.5 Å². The van der Waals surface area contributed by atoms with Crippen molar-refractivity contribution >= 4 is 5.82 Å². The largest absolute Gasteiger partial charge is 0.364 e. The van der Waals surface area contributed by atoms with Crippen LogP contribution in [0.1, 0.15) is 50.4 Å². The van der Waals surface area contributed by atoms with Crippen LogP contribution in [0.4, 0.5) is 5.82 Å². The van der Waals surface area contributed by atoms with Crippen LogP contribution in [0.25, 0.3) is 0 Å². The van der Waals surface area contributed by atoms with Crippen molar-refractivity contribution in [3.05, 3.63) is 22.9 Å². The van der Waals surface area contributed by atoms with Gasteiger partial charge in [0.1, 0.15) is 11.9 Å². The SMILES string of the molecule is CCC(C)(CC)Nc1nc(C)cc(C)c1C#N. The van der Waals surface area contributed by atoms with Gasteiger partial charge in [0.15, 0.2) is 0 Å². The Morgan fingerprint density at radius 2 is 1.94 bits per heavy atom. The maximum Gasteiger partial charge on any atom is 0.144 e. The molecule has 1 aromatic rings. The lowest BCUT2D eigenvalue weighted by atomic mass is 9.95. The van der Waals surface area contributed by atoms with Gasteiger partial charge in [-0.3, -0.25) is 0 Å². The Balaban J connectivity index is 3.19. The third kappa shape index (κ3) is 2.97. The highest BCUT2D eigenvalue weighted by molar-refractivity contribution is 5.57. The highest BCUT2D eigenvalue weighted by atomic mass is 15.1. The molecule has 0 unspecified atom stereocenters. The van der Waals surface area contributed by atoms with Gasteiger partial charge in [-0.2, -0.15) is 5.26 Å². The maximum absolute atomic E-state index is 9.20. The highest BCUT2D eigenvalue weighted by Gasteiger charge is 2.21. The Labute approximate surface area is 104 Å². The summed E-state index contributed by atoms with van der Waals surface area (Å²) in [5, 5.41) is 12.6. The van der Waals surface area contributed by atoms with E-state index in [-0.39, 0.29) is 5.54 Å². The van der Waals surface area contributed by atoms with E-state index in [1.165, 1.54) is 0 Å². The molecule has 3 nitrogen and oxygen atoms in total. The van der Waals surface area contributed by atoms with Crippen molar-refractivity contribution in [3.63, 3.8) is 0 Å². The van der Waals surface area contributed by atoms with E-state index < -0.39 is 0 Å². The van der Waals surface area contributed by atoms with Gasteiger partial charge in [-0.25, -0.2) is 4.98 Å². The fourth-order valence-corrected chi connectivity index (χ4v) is 1.78. The first-order valence-electron chi connectivity index (χ1n) is 6.12. The summed E-state index contributed by atoms with van der Waals surface area (Å²) in [5.74, 6) is 0.719. The molecular formula is C14H21N3. The van der Waals surface area contributed by atoms with Gasteiger partial charge in [0.05, 0.1) is 5.56 Å². The number of pyridine rings is 1. The molecule has 1 heterocycles. The van der Waals surface area contributed by atoms with Gasteiger partial charge in [-0.1, -0.05) is 13.8 Å². The molecule has 0 spiro atoms. The van der Waals surface area contributed by atoms with Gasteiger partial charge in [0.2, 0.25) is 0 Å². The number of nitrogens with one attached hydrogen (secondary N) is 1. The zero-order valence-corrected chi connectivity index (χ0v) is 11.4. The second kappa shape index (κ2) is 5.18. The second-order valence-electron chi connectivity index (χ2n) is 4.81. The average molecular weight is 231 g/mol. The van der Waals surface area contributed by atoms with Crippen molar-refractivity contribution in [2.45, 2.75) is 53.0 Å². The lowest BCUT2D eigenvalue weighted by Crippen LogP contribution is -2.34. The Kier molecular flexibility index (Phi) is 4.11. The Hall–Kier alpha value is -1.56. The summed E-state index contributed by atoms with van der Waals surface area (Å²) in [5.41, 5.74) is 2.58. The van der Waals surface area contributed by atoms with E-state index in [2.05, 4.69) is 37.1 Å². The smallest absolute Gasteiger partial charge is 0.144 e. The third-order valence-corrected chi connectivity index (χ3v) is 3.44. The molecule has 3 heteroatoms. The fraction of sp³-hybridized carbons (Fsp3) is 0.571. The predicted octanol–water partition coefficient (Wildman–Crippen LogP) is 3.56. The molecule has 0 aliphatic carbocycles. The van der Waals surface area contributed by atoms with Crippen molar-refractivity contribution in [1.29, 1.82) is 5.26 Å². The van der Waals surface area contributed by atoms with Crippen LogP contribution in [0.3, 0.4) is 0 Å². The van der Waals surface area contributed by atoms with Gasteiger partial charge in [-0.15, -0.1) is 0 Å². The van der Waals surface area contributed by atoms with Crippen molar-refractivity contribution < 1.29 is 0 Å². The summed E-state index contributed by atoms with van der Waals surface area (Å²) in [7, 11) is 0. The van der Waals surface area contributed by atoms with Crippen molar-refractivity contribution in [3.8, 4) is 6.07 Å². The van der Waals surface area contributed by atoms with Crippen LogP contribution in [-0.2, 0) is 0 Å². The zero-order chi connectivity index (χ0) is 13.1. The summed E-state index contributed by atoms with van der Waals surface area (Å²) in [6.07, 6.45) is 2.01. The molecule has 17 heavy (non-hydrogen) atoms. The summed E-state index contributed by atoms with van der Waals surface area (Å²) >= 11 is 0. The van der Waals surface area contributed by atoms with Gasteiger partial charge in [0.25, 0.3) is 0 Å². The third-order valence-electron chi connectivity index (χ3n) is 3.44. The molecular weight excluding hydrogens is 210 g/mol. The molecule has 1 rings (SSSR count). The first kappa shape index (κ1) is 13.5. The van der Waals surface area contributed by atoms with E-state index in [1.807, 2.05) is 19.9 Å². The number of hydrogen-bond acceptors (Lipinski definition) is 3. The highest BCUT2D eigenvalue weighted by Crippen LogP contribution is 2.24. The van der Waals surface area contributed by atoms with Crippen LogP contribution in [0.5, 0.6) is 0 Å². The lowest BCUT2D eigenvalue weighted by Gasteiger charge is -2.29. The van der Waals surface area contributed by atoms with Crippen molar-refractivity contribution in [1.82, 2.24) is 4.98 Å². The average Bonchev–Trinajstić information content (AvgIpc) is 2.28. The van der Waals surface area contributed by atoms with Crippen LogP contribution in [0.2, 0.25) is 0 Å². The van der Waals surface area contributed by atoms with E-state index in [0.29, 0.717) is 5.56 Å². The molecule has 0 aliphatic rings. The summed E-state index contributed by atoms with van der Waals surface area (Å²) in [6.45, 7) is 10.4. The minimum absolute atomic E-state index is 0.00116. The van der Waals surface area contributed by atoms with Crippen LogP contribution >= 0.6 is 0 Å². The molecule has 1 aromatic heterocycles. The molecule has 1 N–H and O–H groups in total. The van der Waals surface area contributed by atoms with Gasteiger partial charge >= 0.3 is 0 Å². The number of aromatic nitrogens is 1. The lowest BCUT2D eigenvalue weighted by molar-refractivity contribution is 0.476. The normalized spacial score (nSPS) is 11.1. The maximum atomic E-state index is 9.20. The molecule has 0 aliphatic heterocycles. The second-order valence-corrected chi connectivity index (χ2v) is 4.81. The molecule has 0 atom stereocenters. The van der Waals surface area contributed by atoms with E-state index in [1.54, 1.807) is 0 Å². The molecule has 0 amide bonds. The van der Waals surface area contributed by atoms with Crippen LogP contribution in [0.15, 0.2) is 6.07 Å². The first-order valence-corrected chi connectivity index (χ1v) is 6.12. The molecule has 0 fully saturated rings. The molecule has 0 aromatic carbocycles. The zero-order valence-electron chi connectivity index (χ0n) is 11.4. The summed E-state index contributed by atoms with van der Waals surface area (Å²) in [6, 6.07) is 4.18. The molecule has 0 saturated heterocycles. The monoisotopic (exact) mass is 231 g/mol. The molecule has 0 bridgehead atoms. The first-order chi connectivity index (χ1) is 7.95. The van der Waals surface area contributed by atoms with Crippen LogP contribution in [0, 0.1) is 25.2 Å². The van der Waals surface area contributed by atoms with Gasteiger partial charge < -0.3 is 5.32 Å². The number of hydrogen-bond donors (Lipinski definition) is 1. The standard InChI is InChI=1S/C14H21N3/c1-6-14(5,7-2)17-13-12(9-15)10(3)8-11(4)16-13/h8H,6-7H2,1-5H3,(H,16,17). The summed E-state index contributed by atoms with van der Waals surface area (Å²) < 4.78 is 0. The van der Waals surface area contributed by atoms with Gasteiger partial charge in [-0.05, 0) is 45.2 Å². The minimum Gasteiger partial charge on any atom is -0.364 e. The van der Waals surface area contributed by atoms with Crippen LogP contribution < -0.4 is 5.32 Å². The Morgan fingerprint density at radius 3 is 2.41 bits per heavy atom. The molecule has 92 valence electrons. The van der Waals surface area contributed by atoms with Crippen molar-refractivity contribution in [2.24, 2.45) is 0 Å². The number of anilines is 1. The van der Waals surface area contributed by atoms with E-state index >= 15 is 0 Å². The van der Waals surface area contributed by atoms with E-state index in [0.717, 1.165) is 29.9 Å². The number of rotatable bonds is 4. The van der Waals surface area contributed by atoms with Gasteiger partial charge in [0, 0.05) is 11.2 Å². The number of nitriles is 1. The molecule has 0 saturated carbocycles. The number of nitrogens with zero attached hydrogens (tertiary/aromatic N) is 2. The van der Waals surface area contributed by atoms with Crippen molar-refractivity contribution in [2.75, 3.05) is 5.32 Å². The van der Waals surface area contributed by atoms with E-state index in [9.17, 15) is 5.26 Å². The Morgan fingerprint density at radius 1 is 1.35 bits per heavy atom.